The van der Waals surface area contributed by atoms with Gasteiger partial charge in [0.25, 0.3) is 0 Å². The van der Waals surface area contributed by atoms with E-state index in [0.717, 1.165) is 12.0 Å². The van der Waals surface area contributed by atoms with Gasteiger partial charge in [0, 0.05) is 18.0 Å². The van der Waals surface area contributed by atoms with Crippen molar-refractivity contribution in [3.63, 3.8) is 0 Å². The van der Waals surface area contributed by atoms with Crippen molar-refractivity contribution in [3.8, 4) is 0 Å². The lowest BCUT2D eigenvalue weighted by Crippen LogP contribution is -2.47. The number of hydrogen-bond acceptors (Lipinski definition) is 4. The summed E-state index contributed by atoms with van der Waals surface area (Å²) in [7, 11) is -3.61. The molecule has 0 aliphatic carbocycles. The van der Waals surface area contributed by atoms with Gasteiger partial charge in [0.05, 0.1) is 0 Å². The van der Waals surface area contributed by atoms with Crippen LogP contribution in [0.1, 0.15) is 38.7 Å². The molecule has 0 radical (unpaired) electrons. The van der Waals surface area contributed by atoms with E-state index in [9.17, 15) is 18.3 Å². The van der Waals surface area contributed by atoms with Gasteiger partial charge in [0.2, 0.25) is 10.0 Å². The van der Waals surface area contributed by atoms with Crippen LogP contribution in [0.3, 0.4) is 0 Å². The molecule has 1 aliphatic rings. The van der Waals surface area contributed by atoms with Crippen LogP contribution in [-0.2, 0) is 14.8 Å². The molecule has 0 saturated carbocycles. The molecule has 2 N–H and O–H groups in total. The van der Waals surface area contributed by atoms with Crippen molar-refractivity contribution in [3.05, 3.63) is 41.3 Å². The summed E-state index contributed by atoms with van der Waals surface area (Å²) < 4.78 is 27.6. The highest BCUT2D eigenvalue weighted by molar-refractivity contribution is 7.92. The summed E-state index contributed by atoms with van der Waals surface area (Å²) in [6.45, 7) is 5.15. The van der Waals surface area contributed by atoms with Crippen molar-refractivity contribution in [2.24, 2.45) is 5.92 Å². The van der Waals surface area contributed by atoms with E-state index in [0.29, 0.717) is 31.8 Å². The molecule has 26 heavy (non-hydrogen) atoms. The second-order valence-electron chi connectivity index (χ2n) is 7.19. The average molecular weight is 381 g/mol. The number of nitrogens with zero attached hydrogens (tertiary/aromatic N) is 1. The van der Waals surface area contributed by atoms with Crippen LogP contribution in [0.25, 0.3) is 6.08 Å². The fourth-order valence-corrected chi connectivity index (χ4v) is 4.39. The number of benzene rings is 1. The Balaban J connectivity index is 2.06. The van der Waals surface area contributed by atoms with Crippen molar-refractivity contribution < 1.29 is 18.3 Å². The summed E-state index contributed by atoms with van der Waals surface area (Å²) in [6.07, 6.45) is 3.66. The van der Waals surface area contributed by atoms with Gasteiger partial charge >= 0.3 is 5.97 Å². The van der Waals surface area contributed by atoms with E-state index in [2.05, 4.69) is 4.72 Å². The normalized spacial score (nSPS) is 20.0. The predicted octanol–water partition coefficient (Wildman–Crippen LogP) is 2.54. The van der Waals surface area contributed by atoms with E-state index in [-0.39, 0.29) is 6.04 Å². The Morgan fingerprint density at radius 2 is 2.04 bits per heavy atom. The number of carboxylic acids is 1. The summed E-state index contributed by atoms with van der Waals surface area (Å²) in [6, 6.07) is 8.40. The third kappa shape index (κ3) is 6.55. The molecule has 0 aromatic heterocycles. The smallest absolute Gasteiger partial charge is 0.320 e. The van der Waals surface area contributed by atoms with E-state index in [1.54, 1.807) is 6.08 Å². The molecule has 0 bridgehead atoms. The van der Waals surface area contributed by atoms with Crippen LogP contribution in [0.15, 0.2) is 35.7 Å². The van der Waals surface area contributed by atoms with Crippen LogP contribution in [-0.4, -0.2) is 49.6 Å². The van der Waals surface area contributed by atoms with Gasteiger partial charge in [-0.2, -0.15) is 0 Å². The second-order valence-corrected chi connectivity index (χ2v) is 8.79. The number of sulfonamides is 1. The third-order valence-corrected chi connectivity index (χ3v) is 5.59. The van der Waals surface area contributed by atoms with Crippen molar-refractivity contribution in [1.82, 2.24) is 9.62 Å². The summed E-state index contributed by atoms with van der Waals surface area (Å²) in [5.41, 5.74) is 0.809. The van der Waals surface area contributed by atoms with Crippen LogP contribution in [0.5, 0.6) is 0 Å². The standard InChI is InChI=1S/C19H28N2O4S/c1-15(2)13-17(14-21-11-6-9-18(21)19(22)23)20-26(24,25)12-10-16-7-4-3-5-8-16/h3-5,7-8,10,12,15,17-18,20H,6,9,11,13-14H2,1-2H3,(H,22,23)/t17-,18+/m1/s1. The van der Waals surface area contributed by atoms with Gasteiger partial charge in [-0.05, 0) is 43.4 Å². The van der Waals surface area contributed by atoms with Crippen molar-refractivity contribution in [2.75, 3.05) is 13.1 Å². The predicted molar refractivity (Wildman–Crippen MR) is 103 cm³/mol. The Labute approximate surface area is 156 Å². The Morgan fingerprint density at radius 1 is 1.35 bits per heavy atom. The summed E-state index contributed by atoms with van der Waals surface area (Å²) >= 11 is 0. The minimum atomic E-state index is -3.61. The molecule has 1 aliphatic heterocycles. The molecule has 0 amide bonds. The quantitative estimate of drug-likeness (QED) is 0.687. The topological polar surface area (TPSA) is 86.7 Å². The third-order valence-electron chi connectivity index (χ3n) is 4.43. The summed E-state index contributed by atoms with van der Waals surface area (Å²) in [4.78, 5) is 13.2. The fourth-order valence-electron chi connectivity index (χ4n) is 3.34. The monoisotopic (exact) mass is 380 g/mol. The molecule has 1 aromatic carbocycles. The first-order valence-corrected chi connectivity index (χ1v) is 10.5. The van der Waals surface area contributed by atoms with Gasteiger partial charge in [-0.15, -0.1) is 0 Å². The molecule has 0 spiro atoms. The lowest BCUT2D eigenvalue weighted by Gasteiger charge is -2.28. The molecule has 1 aromatic rings. The molecule has 2 rings (SSSR count). The number of carboxylic acid groups (broad SMARTS) is 1. The van der Waals surface area contributed by atoms with E-state index in [1.165, 1.54) is 5.41 Å². The SMILES string of the molecule is CC(C)C[C@H](CN1CCC[C@H]1C(=O)O)NS(=O)(=O)C=Cc1ccccc1. The highest BCUT2D eigenvalue weighted by atomic mass is 32.2. The fraction of sp³-hybridized carbons (Fsp3) is 0.526. The van der Waals surface area contributed by atoms with Crippen LogP contribution >= 0.6 is 0 Å². The molecule has 0 unspecified atom stereocenters. The summed E-state index contributed by atoms with van der Waals surface area (Å²) in [5.74, 6) is -0.538. The molecule has 144 valence electrons. The van der Waals surface area contributed by atoms with Gasteiger partial charge in [0.1, 0.15) is 6.04 Å². The van der Waals surface area contributed by atoms with Gasteiger partial charge < -0.3 is 5.11 Å². The number of rotatable bonds is 9. The Kier molecular flexibility index (Phi) is 7.37. The van der Waals surface area contributed by atoms with Gasteiger partial charge in [-0.25, -0.2) is 13.1 Å². The molecule has 1 saturated heterocycles. The van der Waals surface area contributed by atoms with Crippen LogP contribution in [0.4, 0.5) is 0 Å². The minimum absolute atomic E-state index is 0.298. The first-order chi connectivity index (χ1) is 12.3. The van der Waals surface area contributed by atoms with E-state index >= 15 is 0 Å². The average Bonchev–Trinajstić information content (AvgIpc) is 3.01. The minimum Gasteiger partial charge on any atom is -0.480 e. The van der Waals surface area contributed by atoms with E-state index in [1.807, 2.05) is 49.1 Å². The Bertz CT molecular complexity index is 716. The number of carbonyl (C=O) groups is 1. The highest BCUT2D eigenvalue weighted by Crippen LogP contribution is 2.19. The number of nitrogens with one attached hydrogen (secondary N) is 1. The number of likely N-dealkylation sites (tertiary alicyclic amines) is 1. The van der Waals surface area contributed by atoms with Crippen LogP contribution < -0.4 is 4.72 Å². The van der Waals surface area contributed by atoms with E-state index in [4.69, 9.17) is 0 Å². The lowest BCUT2D eigenvalue weighted by molar-refractivity contribution is -0.142. The first-order valence-electron chi connectivity index (χ1n) is 8.99. The Hall–Kier alpha value is -1.70. The maximum atomic E-state index is 12.5. The number of hydrogen-bond donors (Lipinski definition) is 2. The zero-order valence-corrected chi connectivity index (χ0v) is 16.2. The maximum Gasteiger partial charge on any atom is 0.320 e. The largest absolute Gasteiger partial charge is 0.480 e. The molecule has 1 fully saturated rings. The van der Waals surface area contributed by atoms with Crippen molar-refractivity contribution in [2.45, 2.75) is 45.2 Å². The second kappa shape index (κ2) is 9.30. The van der Waals surface area contributed by atoms with Gasteiger partial charge in [-0.3, -0.25) is 9.69 Å². The molecule has 7 heteroatoms. The van der Waals surface area contributed by atoms with Crippen LogP contribution in [0, 0.1) is 5.92 Å². The van der Waals surface area contributed by atoms with E-state index < -0.39 is 22.0 Å². The zero-order chi connectivity index (χ0) is 19.2. The molecular weight excluding hydrogens is 352 g/mol. The van der Waals surface area contributed by atoms with Gasteiger partial charge in [-0.1, -0.05) is 44.2 Å². The van der Waals surface area contributed by atoms with Crippen molar-refractivity contribution in [1.29, 1.82) is 0 Å². The lowest BCUT2D eigenvalue weighted by atomic mass is 10.0. The van der Waals surface area contributed by atoms with Gasteiger partial charge in [0.15, 0.2) is 0 Å². The highest BCUT2D eigenvalue weighted by Gasteiger charge is 2.32. The molecule has 2 atom stereocenters. The first kappa shape index (κ1) is 20.6. The molecular formula is C19H28N2O4S. The maximum absolute atomic E-state index is 12.5. The zero-order valence-electron chi connectivity index (χ0n) is 15.3. The van der Waals surface area contributed by atoms with Crippen LogP contribution in [0.2, 0.25) is 0 Å². The summed E-state index contributed by atoms with van der Waals surface area (Å²) in [5, 5.41) is 10.5. The molecule has 6 nitrogen and oxygen atoms in total. The molecule has 1 heterocycles. The van der Waals surface area contributed by atoms with Crippen molar-refractivity contribution >= 4 is 22.1 Å². The Morgan fingerprint density at radius 3 is 2.65 bits per heavy atom. The number of aliphatic carboxylic acids is 1.